The van der Waals surface area contributed by atoms with E-state index in [1.165, 1.54) is 12.1 Å². The van der Waals surface area contributed by atoms with Crippen LogP contribution >= 0.6 is 0 Å². The predicted octanol–water partition coefficient (Wildman–Crippen LogP) is 3.90. The second-order valence-corrected chi connectivity index (χ2v) is 4.23. The van der Waals surface area contributed by atoms with E-state index in [2.05, 4.69) is 18.5 Å². The molecule has 1 rings (SSSR count). The van der Waals surface area contributed by atoms with Crippen molar-refractivity contribution in [1.82, 2.24) is 0 Å². The van der Waals surface area contributed by atoms with Crippen molar-refractivity contribution in [2.45, 2.75) is 13.8 Å². The van der Waals surface area contributed by atoms with Gasteiger partial charge in [0.25, 0.3) is 0 Å². The van der Waals surface area contributed by atoms with Gasteiger partial charge < -0.3 is 11.1 Å². The van der Waals surface area contributed by atoms with Gasteiger partial charge in [-0.05, 0) is 43.2 Å². The lowest BCUT2D eigenvalue weighted by molar-refractivity contribution is 0.628. The molecule has 0 amide bonds. The van der Waals surface area contributed by atoms with Gasteiger partial charge in [0.05, 0.1) is 11.4 Å². The zero-order chi connectivity index (χ0) is 13.7. The van der Waals surface area contributed by atoms with E-state index in [4.69, 9.17) is 5.73 Å². The van der Waals surface area contributed by atoms with Crippen molar-refractivity contribution in [3.8, 4) is 0 Å². The first-order valence-corrected chi connectivity index (χ1v) is 5.72. The first-order chi connectivity index (χ1) is 8.45. The Hall–Kier alpha value is -2.03. The van der Waals surface area contributed by atoms with Crippen molar-refractivity contribution in [2.75, 3.05) is 17.6 Å². The Balaban J connectivity index is 2.89. The second-order valence-electron chi connectivity index (χ2n) is 4.23. The summed E-state index contributed by atoms with van der Waals surface area (Å²) in [5.74, 6) is -0.312. The van der Waals surface area contributed by atoms with Gasteiger partial charge >= 0.3 is 0 Å². The molecule has 0 unspecified atom stereocenters. The van der Waals surface area contributed by atoms with Crippen LogP contribution in [0, 0.1) is 5.82 Å². The number of nitrogens with two attached hydrogens (primary N) is 1. The molecule has 0 radical (unpaired) electrons. The molecule has 0 fully saturated rings. The highest BCUT2D eigenvalue weighted by Gasteiger charge is 2.05. The fraction of sp³-hybridized carbons (Fsp3) is 0.200. The number of hydrogen-bond acceptors (Lipinski definition) is 2. The molecule has 0 aliphatic carbocycles. The minimum atomic E-state index is -0.312. The van der Waals surface area contributed by atoms with Crippen molar-refractivity contribution in [1.29, 1.82) is 0 Å². The first-order valence-electron chi connectivity index (χ1n) is 5.72. The van der Waals surface area contributed by atoms with E-state index in [0.29, 0.717) is 17.9 Å². The van der Waals surface area contributed by atoms with Crippen LogP contribution in [-0.4, -0.2) is 6.54 Å². The van der Waals surface area contributed by atoms with Crippen LogP contribution < -0.4 is 11.1 Å². The maximum atomic E-state index is 13.1. The van der Waals surface area contributed by atoms with E-state index >= 15 is 0 Å². The molecule has 96 valence electrons. The molecule has 0 atom stereocenters. The SMILES string of the molecule is C=C/C(C)=C(/CNc1cc(F)ccc1N)C(=C)C. The maximum Gasteiger partial charge on any atom is 0.125 e. The Morgan fingerprint density at radius 3 is 2.67 bits per heavy atom. The van der Waals surface area contributed by atoms with Crippen molar-refractivity contribution >= 4 is 11.4 Å². The highest BCUT2D eigenvalue weighted by molar-refractivity contribution is 5.66. The zero-order valence-corrected chi connectivity index (χ0v) is 10.9. The summed E-state index contributed by atoms with van der Waals surface area (Å²) >= 11 is 0. The monoisotopic (exact) mass is 246 g/mol. The van der Waals surface area contributed by atoms with Crippen LogP contribution in [0.25, 0.3) is 0 Å². The average Bonchev–Trinajstić information content (AvgIpc) is 2.32. The Labute approximate surface area is 108 Å². The van der Waals surface area contributed by atoms with E-state index < -0.39 is 0 Å². The zero-order valence-electron chi connectivity index (χ0n) is 10.9. The van der Waals surface area contributed by atoms with Gasteiger partial charge in [-0.3, -0.25) is 0 Å². The number of nitrogens with one attached hydrogen (secondary N) is 1. The third kappa shape index (κ3) is 3.48. The van der Waals surface area contributed by atoms with Gasteiger partial charge in [0, 0.05) is 6.54 Å². The largest absolute Gasteiger partial charge is 0.397 e. The molecule has 0 heterocycles. The summed E-state index contributed by atoms with van der Waals surface area (Å²) in [5, 5.41) is 3.12. The first kappa shape index (κ1) is 14.0. The van der Waals surface area contributed by atoms with Gasteiger partial charge in [-0.15, -0.1) is 0 Å². The second kappa shape index (κ2) is 6.05. The number of hydrogen-bond donors (Lipinski definition) is 2. The molecule has 2 nitrogen and oxygen atoms in total. The Bertz CT molecular complexity index is 501. The summed E-state index contributed by atoms with van der Waals surface area (Å²) in [6, 6.07) is 4.27. The lowest BCUT2D eigenvalue weighted by Crippen LogP contribution is -2.09. The number of rotatable bonds is 5. The summed E-state index contributed by atoms with van der Waals surface area (Å²) in [5.41, 5.74) is 9.93. The van der Waals surface area contributed by atoms with E-state index in [0.717, 1.165) is 16.7 Å². The molecule has 18 heavy (non-hydrogen) atoms. The van der Waals surface area contributed by atoms with Crippen molar-refractivity contribution in [3.05, 3.63) is 60.0 Å². The minimum absolute atomic E-state index is 0.312. The van der Waals surface area contributed by atoms with Gasteiger partial charge in [0.2, 0.25) is 0 Å². The number of anilines is 2. The van der Waals surface area contributed by atoms with Crippen molar-refractivity contribution < 1.29 is 4.39 Å². The Morgan fingerprint density at radius 2 is 2.11 bits per heavy atom. The third-order valence-electron chi connectivity index (χ3n) is 2.77. The summed E-state index contributed by atoms with van der Waals surface area (Å²) in [4.78, 5) is 0. The quantitative estimate of drug-likeness (QED) is 0.611. The topological polar surface area (TPSA) is 38.0 Å². The van der Waals surface area contributed by atoms with Crippen LogP contribution in [0.5, 0.6) is 0 Å². The molecule has 0 bridgehead atoms. The molecule has 0 saturated carbocycles. The number of halogens is 1. The molecule has 1 aromatic rings. The third-order valence-corrected chi connectivity index (χ3v) is 2.77. The standard InChI is InChI=1S/C15H19FN2/c1-5-11(4)13(10(2)3)9-18-15-8-12(16)6-7-14(15)17/h5-8,18H,1-2,9,17H2,3-4H3/b13-11-. The maximum absolute atomic E-state index is 13.1. The van der Waals surface area contributed by atoms with Crippen LogP contribution in [-0.2, 0) is 0 Å². The summed E-state index contributed by atoms with van der Waals surface area (Å²) in [7, 11) is 0. The smallest absolute Gasteiger partial charge is 0.125 e. The molecule has 3 N–H and O–H groups in total. The molecular formula is C15H19FN2. The van der Waals surface area contributed by atoms with Crippen LogP contribution in [0.2, 0.25) is 0 Å². The molecular weight excluding hydrogens is 227 g/mol. The van der Waals surface area contributed by atoms with Gasteiger partial charge in [0.1, 0.15) is 5.82 Å². The van der Waals surface area contributed by atoms with Crippen LogP contribution in [0.4, 0.5) is 15.8 Å². The lowest BCUT2D eigenvalue weighted by Gasteiger charge is -2.14. The van der Waals surface area contributed by atoms with E-state index in [1.54, 1.807) is 12.1 Å². The van der Waals surface area contributed by atoms with Crippen LogP contribution in [0.3, 0.4) is 0 Å². The molecule has 1 aromatic carbocycles. The average molecular weight is 246 g/mol. The summed E-state index contributed by atoms with van der Waals surface area (Å²) in [6.45, 7) is 12.1. The molecule has 0 aromatic heterocycles. The summed E-state index contributed by atoms with van der Waals surface area (Å²) in [6.07, 6.45) is 1.78. The molecule has 0 aliphatic rings. The van der Waals surface area contributed by atoms with Gasteiger partial charge in [-0.25, -0.2) is 4.39 Å². The van der Waals surface area contributed by atoms with Gasteiger partial charge in [-0.1, -0.05) is 24.8 Å². The van der Waals surface area contributed by atoms with E-state index in [1.807, 2.05) is 13.8 Å². The van der Waals surface area contributed by atoms with Crippen LogP contribution in [0.15, 0.2) is 54.2 Å². The van der Waals surface area contributed by atoms with Crippen molar-refractivity contribution in [2.24, 2.45) is 0 Å². The number of nitrogen functional groups attached to an aromatic ring is 1. The highest BCUT2D eigenvalue weighted by atomic mass is 19.1. The van der Waals surface area contributed by atoms with Crippen LogP contribution in [0.1, 0.15) is 13.8 Å². The number of benzene rings is 1. The highest BCUT2D eigenvalue weighted by Crippen LogP contribution is 2.21. The fourth-order valence-electron chi connectivity index (χ4n) is 1.62. The normalized spacial score (nSPS) is 11.7. The fourth-order valence-corrected chi connectivity index (χ4v) is 1.62. The van der Waals surface area contributed by atoms with E-state index in [-0.39, 0.29) is 5.82 Å². The molecule has 3 heteroatoms. The van der Waals surface area contributed by atoms with Gasteiger partial charge in [0.15, 0.2) is 0 Å². The van der Waals surface area contributed by atoms with Crippen molar-refractivity contribution in [3.63, 3.8) is 0 Å². The summed E-state index contributed by atoms with van der Waals surface area (Å²) < 4.78 is 13.1. The molecule has 0 saturated heterocycles. The van der Waals surface area contributed by atoms with Gasteiger partial charge in [-0.2, -0.15) is 0 Å². The number of allylic oxidation sites excluding steroid dienone is 2. The Morgan fingerprint density at radius 1 is 1.44 bits per heavy atom. The Kier molecular flexibility index (Phi) is 4.72. The lowest BCUT2D eigenvalue weighted by atomic mass is 10.0. The molecule has 0 aliphatic heterocycles. The minimum Gasteiger partial charge on any atom is -0.397 e. The molecule has 0 spiro atoms. The van der Waals surface area contributed by atoms with E-state index in [9.17, 15) is 4.39 Å². The predicted molar refractivity (Wildman–Crippen MR) is 77.0 cm³/mol.